The zero-order valence-corrected chi connectivity index (χ0v) is 28.6. The van der Waals surface area contributed by atoms with Crippen LogP contribution in [0.15, 0.2) is 72.8 Å². The van der Waals surface area contributed by atoms with Crippen molar-refractivity contribution in [2.24, 2.45) is 0 Å². The van der Waals surface area contributed by atoms with E-state index in [1.807, 2.05) is 51.1 Å². The molecular formula is C39H56N2O4. The van der Waals surface area contributed by atoms with Crippen LogP contribution >= 0.6 is 0 Å². The molecule has 0 heterocycles. The Labute approximate surface area is 272 Å². The number of amides is 1. The topological polar surface area (TPSA) is 73.2 Å². The number of hydrogen-bond acceptors (Lipinski definition) is 4. The summed E-state index contributed by atoms with van der Waals surface area (Å²) in [6.45, 7) is 16.9. The molecule has 0 fully saturated rings. The molecule has 1 amide bonds. The van der Waals surface area contributed by atoms with Crippen molar-refractivity contribution >= 4 is 6.09 Å². The summed E-state index contributed by atoms with van der Waals surface area (Å²) in [5.74, 6) is 1.36. The minimum Gasteiger partial charge on any atom is -0.508 e. The lowest BCUT2D eigenvalue weighted by Gasteiger charge is -2.33. The van der Waals surface area contributed by atoms with Crippen molar-refractivity contribution < 1.29 is 19.7 Å². The minimum atomic E-state index is -0.889. The second-order valence-corrected chi connectivity index (χ2v) is 13.7. The van der Waals surface area contributed by atoms with Gasteiger partial charge >= 0.3 is 6.09 Å². The molecule has 246 valence electrons. The van der Waals surface area contributed by atoms with Crippen molar-refractivity contribution in [1.29, 1.82) is 0 Å². The molecule has 6 heteroatoms. The van der Waals surface area contributed by atoms with E-state index in [1.54, 1.807) is 0 Å². The SMILES string of the molecule is CC(C)N(CCC(c1ccccc1)c1cc(CCCCCOc2ccc(CCN(C(=O)O)C(C)(C)C)cc2)ccc1O)C(C)C. The Balaban J connectivity index is 1.50. The Morgan fingerprint density at radius 1 is 0.800 bits per heavy atom. The predicted octanol–water partition coefficient (Wildman–Crippen LogP) is 9.15. The van der Waals surface area contributed by atoms with E-state index in [0.29, 0.717) is 37.4 Å². The number of benzene rings is 3. The molecular weight excluding hydrogens is 560 g/mol. The molecule has 0 bridgehead atoms. The average molecular weight is 617 g/mol. The number of carboxylic acid groups (broad SMARTS) is 1. The first-order valence-corrected chi connectivity index (χ1v) is 16.7. The van der Waals surface area contributed by atoms with Crippen LogP contribution in [0.4, 0.5) is 4.79 Å². The third-order valence-electron chi connectivity index (χ3n) is 8.64. The Morgan fingerprint density at radius 3 is 2.04 bits per heavy atom. The quantitative estimate of drug-likeness (QED) is 0.148. The van der Waals surface area contributed by atoms with Gasteiger partial charge in [0.25, 0.3) is 0 Å². The van der Waals surface area contributed by atoms with Gasteiger partial charge in [-0.2, -0.15) is 0 Å². The highest BCUT2D eigenvalue weighted by Gasteiger charge is 2.25. The number of phenols is 1. The molecule has 45 heavy (non-hydrogen) atoms. The van der Waals surface area contributed by atoms with E-state index in [0.717, 1.165) is 55.5 Å². The largest absolute Gasteiger partial charge is 0.508 e. The zero-order chi connectivity index (χ0) is 33.0. The van der Waals surface area contributed by atoms with E-state index in [-0.39, 0.29) is 5.92 Å². The average Bonchev–Trinajstić information content (AvgIpc) is 2.98. The van der Waals surface area contributed by atoms with Gasteiger partial charge in [-0.15, -0.1) is 0 Å². The van der Waals surface area contributed by atoms with Gasteiger partial charge in [0.1, 0.15) is 11.5 Å². The maximum absolute atomic E-state index is 11.6. The Kier molecular flexibility index (Phi) is 13.8. The number of aromatic hydroxyl groups is 1. The summed E-state index contributed by atoms with van der Waals surface area (Å²) in [6, 6.07) is 25.7. The second kappa shape index (κ2) is 17.3. The highest BCUT2D eigenvalue weighted by atomic mass is 16.5. The number of ether oxygens (including phenoxy) is 1. The molecule has 3 aromatic rings. The van der Waals surface area contributed by atoms with Gasteiger partial charge < -0.3 is 19.8 Å². The fourth-order valence-corrected chi connectivity index (χ4v) is 6.13. The summed E-state index contributed by atoms with van der Waals surface area (Å²) >= 11 is 0. The van der Waals surface area contributed by atoms with Crippen LogP contribution < -0.4 is 4.74 Å². The van der Waals surface area contributed by atoms with Crippen molar-refractivity contribution in [3.63, 3.8) is 0 Å². The van der Waals surface area contributed by atoms with Crippen molar-refractivity contribution in [3.8, 4) is 11.5 Å². The third kappa shape index (κ3) is 11.4. The van der Waals surface area contributed by atoms with Crippen molar-refractivity contribution in [1.82, 2.24) is 9.80 Å². The molecule has 0 saturated carbocycles. The fourth-order valence-electron chi connectivity index (χ4n) is 6.13. The second-order valence-electron chi connectivity index (χ2n) is 13.7. The molecule has 1 unspecified atom stereocenters. The molecule has 3 rings (SSSR count). The molecule has 1 atom stereocenters. The number of hydrogen-bond donors (Lipinski definition) is 2. The first-order valence-electron chi connectivity index (χ1n) is 16.7. The summed E-state index contributed by atoms with van der Waals surface area (Å²) in [5.41, 5.74) is 4.20. The molecule has 0 radical (unpaired) electrons. The highest BCUT2D eigenvalue weighted by Crippen LogP contribution is 2.35. The molecule has 6 nitrogen and oxygen atoms in total. The van der Waals surface area contributed by atoms with Crippen LogP contribution in [-0.4, -0.2) is 63.4 Å². The van der Waals surface area contributed by atoms with E-state index < -0.39 is 11.6 Å². The molecule has 0 aliphatic heterocycles. The standard InChI is InChI=1S/C39H56N2O4/c1-29(2)40(30(3)4)25-24-35(33-15-11-8-12-16-33)36-28-32(19-22-37(36)42)14-10-9-13-27-45-34-20-17-31(18-21-34)23-26-41(38(43)44)39(5,6)7/h8,11-12,15-22,28-30,35,42H,9-10,13-14,23-27H2,1-7H3,(H,43,44). The molecule has 0 saturated heterocycles. The molecule has 0 aliphatic carbocycles. The fraction of sp³-hybridized carbons (Fsp3) is 0.513. The first-order chi connectivity index (χ1) is 21.4. The number of carbonyl (C=O) groups is 1. The van der Waals surface area contributed by atoms with Gasteiger partial charge in [-0.25, -0.2) is 4.79 Å². The molecule has 0 aromatic heterocycles. The number of nitrogens with zero attached hydrogens (tertiary/aromatic N) is 2. The van der Waals surface area contributed by atoms with Gasteiger partial charge in [-0.1, -0.05) is 54.6 Å². The normalized spacial score (nSPS) is 12.6. The summed E-state index contributed by atoms with van der Waals surface area (Å²) in [6.07, 6.45) is 4.79. The maximum Gasteiger partial charge on any atom is 0.407 e. The summed E-state index contributed by atoms with van der Waals surface area (Å²) in [4.78, 5) is 15.6. The van der Waals surface area contributed by atoms with Crippen LogP contribution in [0, 0.1) is 0 Å². The van der Waals surface area contributed by atoms with E-state index in [2.05, 4.69) is 75.1 Å². The van der Waals surface area contributed by atoms with Gasteiger partial charge in [0, 0.05) is 35.6 Å². The van der Waals surface area contributed by atoms with Gasteiger partial charge in [0.05, 0.1) is 6.61 Å². The molecule has 0 aliphatic rings. The Bertz CT molecular complexity index is 1290. The lowest BCUT2D eigenvalue weighted by atomic mass is 9.86. The van der Waals surface area contributed by atoms with E-state index in [4.69, 9.17) is 4.74 Å². The number of phenolic OH excluding ortho intramolecular Hbond substituents is 1. The summed E-state index contributed by atoms with van der Waals surface area (Å²) in [7, 11) is 0. The molecule has 0 spiro atoms. The van der Waals surface area contributed by atoms with Crippen LogP contribution in [0.2, 0.25) is 0 Å². The lowest BCUT2D eigenvalue weighted by molar-refractivity contribution is 0.101. The summed E-state index contributed by atoms with van der Waals surface area (Å²) in [5, 5.41) is 20.5. The number of aryl methyl sites for hydroxylation is 1. The van der Waals surface area contributed by atoms with Crippen molar-refractivity contribution in [3.05, 3.63) is 95.1 Å². The molecule has 3 aromatic carbocycles. The van der Waals surface area contributed by atoms with Crippen LogP contribution in [-0.2, 0) is 12.8 Å². The maximum atomic E-state index is 11.6. The van der Waals surface area contributed by atoms with Crippen LogP contribution in [0.5, 0.6) is 11.5 Å². The van der Waals surface area contributed by atoms with Crippen molar-refractivity contribution in [2.45, 2.75) is 111 Å². The number of rotatable bonds is 17. The smallest absolute Gasteiger partial charge is 0.407 e. The van der Waals surface area contributed by atoms with Crippen LogP contribution in [0.1, 0.15) is 102 Å². The van der Waals surface area contributed by atoms with Gasteiger partial charge in [-0.05, 0) is 128 Å². The van der Waals surface area contributed by atoms with Gasteiger partial charge in [-0.3, -0.25) is 4.90 Å². The van der Waals surface area contributed by atoms with Crippen LogP contribution in [0.25, 0.3) is 0 Å². The zero-order valence-electron chi connectivity index (χ0n) is 28.6. The minimum absolute atomic E-state index is 0.139. The number of unbranched alkanes of at least 4 members (excludes halogenated alkanes) is 2. The highest BCUT2D eigenvalue weighted by molar-refractivity contribution is 5.66. The summed E-state index contributed by atoms with van der Waals surface area (Å²) < 4.78 is 5.98. The molecule has 2 N–H and O–H groups in total. The Hall–Kier alpha value is -3.51. The van der Waals surface area contributed by atoms with Crippen LogP contribution in [0.3, 0.4) is 0 Å². The van der Waals surface area contributed by atoms with E-state index in [9.17, 15) is 15.0 Å². The van der Waals surface area contributed by atoms with Gasteiger partial charge in [0.15, 0.2) is 0 Å². The van der Waals surface area contributed by atoms with E-state index in [1.165, 1.54) is 16.0 Å². The Morgan fingerprint density at radius 2 is 1.44 bits per heavy atom. The monoisotopic (exact) mass is 616 g/mol. The van der Waals surface area contributed by atoms with E-state index >= 15 is 0 Å². The third-order valence-corrected chi connectivity index (χ3v) is 8.64. The van der Waals surface area contributed by atoms with Gasteiger partial charge in [0.2, 0.25) is 0 Å². The first kappa shape index (κ1) is 36.0. The van der Waals surface area contributed by atoms with Crippen molar-refractivity contribution in [2.75, 3.05) is 19.7 Å². The predicted molar refractivity (Wildman–Crippen MR) is 186 cm³/mol. The lowest BCUT2D eigenvalue weighted by Crippen LogP contribution is -2.45.